The molecule has 5 heteroatoms. The van der Waals surface area contributed by atoms with Crippen LogP contribution >= 0.6 is 0 Å². The zero-order valence-corrected chi connectivity index (χ0v) is 16.5. The Labute approximate surface area is 160 Å². The third-order valence-electron chi connectivity index (χ3n) is 6.07. The van der Waals surface area contributed by atoms with E-state index in [0.717, 1.165) is 29.5 Å². The summed E-state index contributed by atoms with van der Waals surface area (Å²) >= 11 is 0. The molecule has 1 heterocycles. The summed E-state index contributed by atoms with van der Waals surface area (Å²) in [5, 5.41) is 10.2. The summed E-state index contributed by atoms with van der Waals surface area (Å²) in [5.41, 5.74) is 3.44. The first-order valence-electron chi connectivity index (χ1n) is 9.63. The average Bonchev–Trinajstić information content (AvgIpc) is 2.84. The number of nitrogens with zero attached hydrogens (tertiary/aromatic N) is 1. The highest BCUT2D eigenvalue weighted by Gasteiger charge is 2.48. The largest absolute Gasteiger partial charge is 0.481 e. The zero-order chi connectivity index (χ0) is 19.9. The van der Waals surface area contributed by atoms with E-state index in [0.29, 0.717) is 36.0 Å². The van der Waals surface area contributed by atoms with E-state index in [2.05, 4.69) is 0 Å². The van der Waals surface area contributed by atoms with Gasteiger partial charge in [-0.2, -0.15) is 0 Å². The smallest absolute Gasteiger partial charge is 0.315 e. The van der Waals surface area contributed by atoms with E-state index >= 15 is 0 Å². The Kier molecular flexibility index (Phi) is 4.98. The Morgan fingerprint density at radius 3 is 1.93 bits per heavy atom. The summed E-state index contributed by atoms with van der Waals surface area (Å²) in [6.07, 6.45) is 3.34. The fourth-order valence-electron chi connectivity index (χ4n) is 4.84. The number of benzene rings is 1. The van der Waals surface area contributed by atoms with Gasteiger partial charge in [0.1, 0.15) is 5.41 Å². The standard InChI is InChI=1S/C22H27NO4/c1-5-22(21(26)27,18-14(3)10-13(2)11-15(18)4)12-23-19(24)16-8-6-7-9-17(16)20(23)25/h10-11H,5-9,12H2,1-4H3,(H,26,27). The van der Waals surface area contributed by atoms with Crippen LogP contribution in [0.2, 0.25) is 0 Å². The first-order valence-corrected chi connectivity index (χ1v) is 9.63. The van der Waals surface area contributed by atoms with Crippen molar-refractivity contribution < 1.29 is 19.5 Å². The Morgan fingerprint density at radius 1 is 1.04 bits per heavy atom. The highest BCUT2D eigenvalue weighted by molar-refractivity contribution is 6.19. The molecule has 1 atom stereocenters. The molecule has 1 aromatic carbocycles. The molecule has 0 saturated heterocycles. The molecule has 144 valence electrons. The van der Waals surface area contributed by atoms with E-state index in [1.807, 2.05) is 39.8 Å². The number of carbonyl (C=O) groups is 3. The lowest BCUT2D eigenvalue weighted by Crippen LogP contribution is -2.49. The summed E-state index contributed by atoms with van der Waals surface area (Å²) in [6.45, 7) is 7.47. The average molecular weight is 369 g/mol. The number of carboxylic acids is 1. The zero-order valence-electron chi connectivity index (χ0n) is 16.5. The fraction of sp³-hybridized carbons (Fsp3) is 0.500. The van der Waals surface area contributed by atoms with Crippen LogP contribution in [0.25, 0.3) is 0 Å². The molecule has 1 N–H and O–H groups in total. The lowest BCUT2D eigenvalue weighted by molar-refractivity contribution is -0.147. The lowest BCUT2D eigenvalue weighted by Gasteiger charge is -2.35. The number of aliphatic carboxylic acids is 1. The van der Waals surface area contributed by atoms with Gasteiger partial charge in [0, 0.05) is 17.7 Å². The first kappa shape index (κ1) is 19.3. The number of carbonyl (C=O) groups excluding carboxylic acids is 2. The molecule has 2 amide bonds. The fourth-order valence-corrected chi connectivity index (χ4v) is 4.84. The highest BCUT2D eigenvalue weighted by Crippen LogP contribution is 2.39. The van der Waals surface area contributed by atoms with Gasteiger partial charge in [-0.1, -0.05) is 24.6 Å². The molecule has 0 aromatic heterocycles. The molecule has 1 aliphatic carbocycles. The van der Waals surface area contributed by atoms with E-state index in [1.165, 1.54) is 4.90 Å². The summed E-state index contributed by atoms with van der Waals surface area (Å²) in [6, 6.07) is 3.93. The summed E-state index contributed by atoms with van der Waals surface area (Å²) in [4.78, 5) is 39.4. The van der Waals surface area contributed by atoms with Crippen LogP contribution < -0.4 is 0 Å². The van der Waals surface area contributed by atoms with Crippen LogP contribution in [0.5, 0.6) is 0 Å². The molecule has 0 bridgehead atoms. The number of rotatable bonds is 5. The molecular formula is C22H27NO4. The Hall–Kier alpha value is -2.43. The quantitative estimate of drug-likeness (QED) is 0.805. The molecule has 0 spiro atoms. The van der Waals surface area contributed by atoms with Crippen molar-refractivity contribution in [1.82, 2.24) is 4.90 Å². The van der Waals surface area contributed by atoms with Crippen molar-refractivity contribution in [2.45, 2.75) is 65.2 Å². The Bertz CT molecular complexity index is 816. The second-order valence-electron chi connectivity index (χ2n) is 7.88. The van der Waals surface area contributed by atoms with Crippen molar-refractivity contribution in [3.8, 4) is 0 Å². The Balaban J connectivity index is 2.07. The van der Waals surface area contributed by atoms with Crippen LogP contribution in [-0.2, 0) is 19.8 Å². The second kappa shape index (κ2) is 6.95. The van der Waals surface area contributed by atoms with Gasteiger partial charge in [0.25, 0.3) is 11.8 Å². The van der Waals surface area contributed by atoms with Gasteiger partial charge in [0.05, 0.1) is 0 Å². The minimum atomic E-state index is -1.30. The van der Waals surface area contributed by atoms with Crippen molar-refractivity contribution in [3.63, 3.8) is 0 Å². The molecule has 27 heavy (non-hydrogen) atoms. The van der Waals surface area contributed by atoms with Crippen LogP contribution in [0.1, 0.15) is 61.3 Å². The van der Waals surface area contributed by atoms with Gasteiger partial charge in [-0.15, -0.1) is 0 Å². The van der Waals surface area contributed by atoms with Crippen molar-refractivity contribution in [2.75, 3.05) is 6.54 Å². The number of carboxylic acid groups (broad SMARTS) is 1. The summed E-state index contributed by atoms with van der Waals surface area (Å²) < 4.78 is 0. The molecule has 1 aromatic rings. The Morgan fingerprint density at radius 2 is 1.52 bits per heavy atom. The number of hydrogen-bond donors (Lipinski definition) is 1. The highest BCUT2D eigenvalue weighted by atomic mass is 16.4. The van der Waals surface area contributed by atoms with Gasteiger partial charge in [0.15, 0.2) is 0 Å². The van der Waals surface area contributed by atoms with Crippen molar-refractivity contribution in [3.05, 3.63) is 45.5 Å². The molecule has 1 aliphatic heterocycles. The minimum Gasteiger partial charge on any atom is -0.481 e. The maximum absolute atomic E-state index is 12.9. The maximum atomic E-state index is 12.9. The molecule has 0 fully saturated rings. The van der Waals surface area contributed by atoms with Crippen LogP contribution in [0.4, 0.5) is 0 Å². The molecule has 3 rings (SSSR count). The number of amides is 2. The van der Waals surface area contributed by atoms with Crippen LogP contribution in [-0.4, -0.2) is 34.3 Å². The monoisotopic (exact) mass is 369 g/mol. The minimum absolute atomic E-state index is 0.117. The maximum Gasteiger partial charge on any atom is 0.315 e. The van der Waals surface area contributed by atoms with E-state index in [9.17, 15) is 19.5 Å². The van der Waals surface area contributed by atoms with Gasteiger partial charge in [-0.05, 0) is 69.6 Å². The number of imide groups is 1. The molecule has 1 unspecified atom stereocenters. The van der Waals surface area contributed by atoms with E-state index < -0.39 is 11.4 Å². The molecule has 0 saturated carbocycles. The third kappa shape index (κ3) is 2.99. The molecule has 5 nitrogen and oxygen atoms in total. The van der Waals surface area contributed by atoms with Gasteiger partial charge in [-0.3, -0.25) is 19.3 Å². The first-order chi connectivity index (χ1) is 12.7. The number of hydrogen-bond acceptors (Lipinski definition) is 3. The normalized spacial score (nSPS) is 19.3. The van der Waals surface area contributed by atoms with Gasteiger partial charge in [0.2, 0.25) is 0 Å². The van der Waals surface area contributed by atoms with Gasteiger partial charge >= 0.3 is 5.97 Å². The number of aryl methyl sites for hydroxylation is 3. The topological polar surface area (TPSA) is 74.7 Å². The van der Waals surface area contributed by atoms with Crippen LogP contribution in [0.15, 0.2) is 23.3 Å². The van der Waals surface area contributed by atoms with Crippen molar-refractivity contribution in [2.24, 2.45) is 0 Å². The summed E-state index contributed by atoms with van der Waals surface area (Å²) in [7, 11) is 0. The van der Waals surface area contributed by atoms with Crippen molar-refractivity contribution >= 4 is 17.8 Å². The van der Waals surface area contributed by atoms with Gasteiger partial charge < -0.3 is 5.11 Å². The van der Waals surface area contributed by atoms with E-state index in [1.54, 1.807) is 0 Å². The van der Waals surface area contributed by atoms with Crippen LogP contribution in [0, 0.1) is 20.8 Å². The predicted octanol–water partition coefficient (Wildman–Crippen LogP) is 3.58. The second-order valence-corrected chi connectivity index (χ2v) is 7.88. The van der Waals surface area contributed by atoms with Crippen LogP contribution in [0.3, 0.4) is 0 Å². The molecule has 0 radical (unpaired) electrons. The summed E-state index contributed by atoms with van der Waals surface area (Å²) in [5.74, 6) is -1.59. The lowest BCUT2D eigenvalue weighted by atomic mass is 9.73. The molecular weight excluding hydrogens is 342 g/mol. The third-order valence-corrected chi connectivity index (χ3v) is 6.07. The van der Waals surface area contributed by atoms with Gasteiger partial charge in [-0.25, -0.2) is 0 Å². The van der Waals surface area contributed by atoms with E-state index in [4.69, 9.17) is 0 Å². The van der Waals surface area contributed by atoms with E-state index in [-0.39, 0.29) is 18.4 Å². The molecule has 2 aliphatic rings. The SMILES string of the molecule is CCC(CN1C(=O)C2=C(CCCC2)C1=O)(C(=O)O)c1c(C)cc(C)cc1C. The predicted molar refractivity (Wildman–Crippen MR) is 102 cm³/mol. The van der Waals surface area contributed by atoms with Crippen molar-refractivity contribution in [1.29, 1.82) is 0 Å².